The van der Waals surface area contributed by atoms with Crippen molar-refractivity contribution < 1.29 is 14.3 Å². The minimum absolute atomic E-state index is 0.0214. The van der Waals surface area contributed by atoms with E-state index < -0.39 is 6.09 Å². The van der Waals surface area contributed by atoms with Crippen LogP contribution in [0.5, 0.6) is 0 Å². The number of carbonyl (C=O) groups excluding carboxylic acids is 2. The SMILES string of the molecule is CC(C)NC(=O)[C@@H]1CCCC[C@@H]1NC(=O)OCc1ccccc1. The van der Waals surface area contributed by atoms with Gasteiger partial charge >= 0.3 is 6.09 Å². The fourth-order valence-corrected chi connectivity index (χ4v) is 2.93. The Morgan fingerprint density at radius 2 is 1.87 bits per heavy atom. The van der Waals surface area contributed by atoms with Crippen molar-refractivity contribution in [2.45, 2.75) is 58.2 Å². The van der Waals surface area contributed by atoms with Gasteiger partial charge in [0.1, 0.15) is 6.61 Å². The number of ether oxygens (including phenoxy) is 1. The zero-order valence-corrected chi connectivity index (χ0v) is 13.9. The predicted octanol–water partition coefficient (Wildman–Crippen LogP) is 3.00. The average molecular weight is 318 g/mol. The third-order valence-electron chi connectivity index (χ3n) is 4.05. The summed E-state index contributed by atoms with van der Waals surface area (Å²) in [7, 11) is 0. The minimum atomic E-state index is -0.455. The van der Waals surface area contributed by atoms with Crippen LogP contribution in [0.1, 0.15) is 45.1 Å². The van der Waals surface area contributed by atoms with E-state index in [1.807, 2.05) is 44.2 Å². The van der Waals surface area contributed by atoms with Crippen molar-refractivity contribution in [2.75, 3.05) is 0 Å². The number of carbonyl (C=O) groups is 2. The number of benzene rings is 1. The molecular weight excluding hydrogens is 292 g/mol. The van der Waals surface area contributed by atoms with E-state index in [0.717, 1.165) is 31.2 Å². The Balaban J connectivity index is 1.85. The molecule has 0 aromatic heterocycles. The summed E-state index contributed by atoms with van der Waals surface area (Å²) < 4.78 is 5.26. The molecule has 1 aromatic rings. The third kappa shape index (κ3) is 5.58. The van der Waals surface area contributed by atoms with E-state index in [4.69, 9.17) is 4.74 Å². The topological polar surface area (TPSA) is 67.4 Å². The van der Waals surface area contributed by atoms with Gasteiger partial charge in [0.05, 0.1) is 5.92 Å². The minimum Gasteiger partial charge on any atom is -0.445 e. The molecule has 1 aliphatic rings. The van der Waals surface area contributed by atoms with Gasteiger partial charge < -0.3 is 15.4 Å². The van der Waals surface area contributed by atoms with Crippen LogP contribution in [0.25, 0.3) is 0 Å². The molecule has 2 atom stereocenters. The van der Waals surface area contributed by atoms with Crippen LogP contribution in [0.2, 0.25) is 0 Å². The molecule has 2 amide bonds. The standard InChI is InChI=1S/C18H26N2O3/c1-13(2)19-17(21)15-10-6-7-11-16(15)20-18(22)23-12-14-8-4-3-5-9-14/h3-5,8-9,13,15-16H,6-7,10-12H2,1-2H3,(H,19,21)(H,20,22)/t15-,16+/m1/s1. The first-order chi connectivity index (χ1) is 11.1. The van der Waals surface area contributed by atoms with Crippen molar-refractivity contribution in [3.05, 3.63) is 35.9 Å². The van der Waals surface area contributed by atoms with E-state index in [-0.39, 0.29) is 30.5 Å². The van der Waals surface area contributed by atoms with Crippen molar-refractivity contribution in [2.24, 2.45) is 5.92 Å². The largest absolute Gasteiger partial charge is 0.445 e. The molecular formula is C18H26N2O3. The lowest BCUT2D eigenvalue weighted by Crippen LogP contribution is -2.49. The fourth-order valence-electron chi connectivity index (χ4n) is 2.93. The first kappa shape index (κ1) is 17.3. The Bertz CT molecular complexity index is 516. The van der Waals surface area contributed by atoms with E-state index in [1.54, 1.807) is 0 Å². The number of alkyl carbamates (subject to hydrolysis) is 1. The number of nitrogens with one attached hydrogen (secondary N) is 2. The fraction of sp³-hybridized carbons (Fsp3) is 0.556. The van der Waals surface area contributed by atoms with Gasteiger partial charge in [-0.15, -0.1) is 0 Å². The molecule has 0 bridgehead atoms. The molecule has 0 aliphatic heterocycles. The Hall–Kier alpha value is -2.04. The highest BCUT2D eigenvalue weighted by Crippen LogP contribution is 2.25. The van der Waals surface area contributed by atoms with Crippen LogP contribution in [-0.4, -0.2) is 24.1 Å². The lowest BCUT2D eigenvalue weighted by molar-refractivity contribution is -0.127. The van der Waals surface area contributed by atoms with E-state index in [2.05, 4.69) is 10.6 Å². The van der Waals surface area contributed by atoms with Gasteiger partial charge in [0, 0.05) is 12.1 Å². The van der Waals surface area contributed by atoms with Crippen LogP contribution in [0.3, 0.4) is 0 Å². The van der Waals surface area contributed by atoms with Crippen LogP contribution in [-0.2, 0) is 16.1 Å². The van der Waals surface area contributed by atoms with Gasteiger partial charge in [0.2, 0.25) is 5.91 Å². The Labute approximate surface area is 137 Å². The second-order valence-electron chi connectivity index (χ2n) is 6.37. The highest BCUT2D eigenvalue weighted by Gasteiger charge is 2.32. The maximum Gasteiger partial charge on any atom is 0.407 e. The average Bonchev–Trinajstić information content (AvgIpc) is 2.54. The maximum absolute atomic E-state index is 12.3. The second kappa shape index (κ2) is 8.56. The van der Waals surface area contributed by atoms with Crippen LogP contribution in [0, 0.1) is 5.92 Å². The Kier molecular flexibility index (Phi) is 6.44. The molecule has 0 radical (unpaired) electrons. The molecule has 0 spiro atoms. The Morgan fingerprint density at radius 3 is 2.57 bits per heavy atom. The van der Waals surface area contributed by atoms with Crippen LogP contribution < -0.4 is 10.6 Å². The van der Waals surface area contributed by atoms with Gasteiger partial charge in [-0.25, -0.2) is 4.79 Å². The molecule has 1 aliphatic carbocycles. The molecule has 2 N–H and O–H groups in total. The lowest BCUT2D eigenvalue weighted by Gasteiger charge is -2.31. The van der Waals surface area contributed by atoms with Crippen molar-refractivity contribution in [3.63, 3.8) is 0 Å². The smallest absolute Gasteiger partial charge is 0.407 e. The number of hydrogen-bond donors (Lipinski definition) is 2. The summed E-state index contributed by atoms with van der Waals surface area (Å²) >= 11 is 0. The van der Waals surface area contributed by atoms with E-state index in [9.17, 15) is 9.59 Å². The normalized spacial score (nSPS) is 20.8. The monoisotopic (exact) mass is 318 g/mol. The van der Waals surface area contributed by atoms with E-state index in [0.29, 0.717) is 0 Å². The third-order valence-corrected chi connectivity index (χ3v) is 4.05. The predicted molar refractivity (Wildman–Crippen MR) is 88.8 cm³/mol. The van der Waals surface area contributed by atoms with Crippen LogP contribution in [0.15, 0.2) is 30.3 Å². The number of amides is 2. The Morgan fingerprint density at radius 1 is 1.17 bits per heavy atom. The summed E-state index contributed by atoms with van der Waals surface area (Å²) in [4.78, 5) is 24.3. The molecule has 1 aromatic carbocycles. The summed E-state index contributed by atoms with van der Waals surface area (Å²) in [5, 5.41) is 5.81. The van der Waals surface area contributed by atoms with E-state index >= 15 is 0 Å². The molecule has 0 saturated heterocycles. The van der Waals surface area contributed by atoms with Gasteiger partial charge in [-0.2, -0.15) is 0 Å². The molecule has 1 fully saturated rings. The lowest BCUT2D eigenvalue weighted by atomic mass is 9.84. The highest BCUT2D eigenvalue weighted by molar-refractivity contribution is 5.80. The maximum atomic E-state index is 12.3. The van der Waals surface area contributed by atoms with Crippen molar-refractivity contribution >= 4 is 12.0 Å². The number of rotatable bonds is 5. The highest BCUT2D eigenvalue weighted by atomic mass is 16.5. The van der Waals surface area contributed by atoms with Crippen LogP contribution in [0.4, 0.5) is 4.79 Å². The summed E-state index contributed by atoms with van der Waals surface area (Å²) in [5.74, 6) is -0.150. The van der Waals surface area contributed by atoms with Crippen molar-refractivity contribution in [1.82, 2.24) is 10.6 Å². The van der Waals surface area contributed by atoms with Crippen molar-refractivity contribution in [1.29, 1.82) is 0 Å². The zero-order chi connectivity index (χ0) is 16.7. The molecule has 0 heterocycles. The molecule has 5 nitrogen and oxygen atoms in total. The van der Waals surface area contributed by atoms with Crippen LogP contribution >= 0.6 is 0 Å². The molecule has 126 valence electrons. The van der Waals surface area contributed by atoms with Gasteiger partial charge in [0.15, 0.2) is 0 Å². The molecule has 0 unspecified atom stereocenters. The first-order valence-electron chi connectivity index (χ1n) is 8.34. The zero-order valence-electron chi connectivity index (χ0n) is 13.9. The second-order valence-corrected chi connectivity index (χ2v) is 6.37. The molecule has 5 heteroatoms. The van der Waals surface area contributed by atoms with Gasteiger partial charge in [-0.1, -0.05) is 43.2 Å². The summed E-state index contributed by atoms with van der Waals surface area (Å²) in [6, 6.07) is 9.51. The van der Waals surface area contributed by atoms with Crippen molar-refractivity contribution in [3.8, 4) is 0 Å². The summed E-state index contributed by atoms with van der Waals surface area (Å²) in [6.45, 7) is 4.12. The summed E-state index contributed by atoms with van der Waals surface area (Å²) in [6.07, 6.45) is 3.21. The molecule has 23 heavy (non-hydrogen) atoms. The molecule has 2 rings (SSSR count). The van der Waals surface area contributed by atoms with E-state index in [1.165, 1.54) is 0 Å². The summed E-state index contributed by atoms with van der Waals surface area (Å²) in [5.41, 5.74) is 0.945. The molecule has 1 saturated carbocycles. The van der Waals surface area contributed by atoms with Gasteiger partial charge in [-0.05, 0) is 32.3 Å². The quantitative estimate of drug-likeness (QED) is 0.877. The van der Waals surface area contributed by atoms with Gasteiger partial charge in [0.25, 0.3) is 0 Å². The first-order valence-corrected chi connectivity index (χ1v) is 8.34. The van der Waals surface area contributed by atoms with Gasteiger partial charge in [-0.3, -0.25) is 4.79 Å². The number of hydrogen-bond acceptors (Lipinski definition) is 3.